The van der Waals surface area contributed by atoms with Gasteiger partial charge >= 0.3 is 6.03 Å². The molecule has 0 bridgehead atoms. The zero-order valence-electron chi connectivity index (χ0n) is 13.1. The minimum Gasteiger partial charge on any atom is -0.334 e. The Kier molecular flexibility index (Phi) is 6.04. The van der Waals surface area contributed by atoms with Gasteiger partial charge < -0.3 is 10.6 Å². The molecule has 1 saturated heterocycles. The van der Waals surface area contributed by atoms with Crippen molar-refractivity contribution in [2.75, 3.05) is 16.8 Å². The molecule has 3 rings (SSSR count). The van der Waals surface area contributed by atoms with E-state index in [1.165, 1.54) is 29.6 Å². The molecule has 2 N–H and O–H groups in total. The van der Waals surface area contributed by atoms with Crippen molar-refractivity contribution in [1.29, 1.82) is 0 Å². The maximum absolute atomic E-state index is 13.5. The van der Waals surface area contributed by atoms with Crippen LogP contribution in [0.1, 0.15) is 22.1 Å². The number of halogens is 1. The lowest BCUT2D eigenvalue weighted by Gasteiger charge is -2.21. The molecule has 0 atom stereocenters. The number of rotatable bonds is 4. The number of nitrogens with one attached hydrogen (secondary N) is 2. The molecule has 126 valence electrons. The van der Waals surface area contributed by atoms with E-state index in [0.717, 1.165) is 5.69 Å². The number of anilines is 1. The summed E-state index contributed by atoms with van der Waals surface area (Å²) in [5.74, 6) is 2.04. The zero-order chi connectivity index (χ0) is 16.8. The average molecular weight is 362 g/mol. The Balaban J connectivity index is 1.57. The summed E-state index contributed by atoms with van der Waals surface area (Å²) in [6, 6.07) is 14.0. The highest BCUT2D eigenvalue weighted by atomic mass is 32.2. The molecule has 1 aliphatic rings. The van der Waals surface area contributed by atoms with Gasteiger partial charge in [0.2, 0.25) is 0 Å². The third-order valence-electron chi connectivity index (χ3n) is 3.64. The number of urea groups is 1. The van der Waals surface area contributed by atoms with Gasteiger partial charge in [0.25, 0.3) is 0 Å². The first-order chi connectivity index (χ1) is 11.7. The molecule has 1 aliphatic heterocycles. The molecule has 0 unspecified atom stereocenters. The van der Waals surface area contributed by atoms with Crippen LogP contribution in [0.15, 0.2) is 48.5 Å². The van der Waals surface area contributed by atoms with Gasteiger partial charge in [0.05, 0.1) is 4.58 Å². The van der Waals surface area contributed by atoms with Crippen molar-refractivity contribution < 1.29 is 9.18 Å². The zero-order valence-corrected chi connectivity index (χ0v) is 14.8. The van der Waals surface area contributed by atoms with E-state index in [2.05, 4.69) is 16.7 Å². The van der Waals surface area contributed by atoms with Crippen LogP contribution in [0, 0.1) is 5.82 Å². The van der Waals surface area contributed by atoms with E-state index in [9.17, 15) is 9.18 Å². The number of hydrogen-bond acceptors (Lipinski definition) is 3. The molecule has 6 heteroatoms. The number of thioether (sulfide) groups is 2. The van der Waals surface area contributed by atoms with Gasteiger partial charge in [0, 0.05) is 17.8 Å². The van der Waals surface area contributed by atoms with E-state index in [-0.39, 0.29) is 18.4 Å². The van der Waals surface area contributed by atoms with Crippen molar-refractivity contribution in [3.8, 4) is 0 Å². The lowest BCUT2D eigenvalue weighted by molar-refractivity contribution is 0.251. The molecular weight excluding hydrogens is 343 g/mol. The smallest absolute Gasteiger partial charge is 0.319 e. The Hall–Kier alpha value is -1.66. The number of carbonyl (C=O) groups excluding carboxylic acids is 1. The molecular formula is C18H19FN2OS2. The molecule has 0 aliphatic carbocycles. The second-order valence-corrected chi connectivity index (χ2v) is 8.18. The monoisotopic (exact) mass is 362 g/mol. The summed E-state index contributed by atoms with van der Waals surface area (Å²) in [5, 5.41) is 5.51. The predicted molar refractivity (Wildman–Crippen MR) is 101 cm³/mol. The van der Waals surface area contributed by atoms with Gasteiger partial charge in [-0.15, -0.1) is 23.5 Å². The van der Waals surface area contributed by atoms with Crippen LogP contribution in [0.5, 0.6) is 0 Å². The Bertz CT molecular complexity index is 705. The SMILES string of the molecule is O=C(NCc1ccccc1F)Nc1cccc(C2SCCCS2)c1. The van der Waals surface area contributed by atoms with Crippen LogP contribution in [0.25, 0.3) is 0 Å². The third-order valence-corrected chi connectivity index (χ3v) is 6.66. The van der Waals surface area contributed by atoms with Crippen LogP contribution in [0.3, 0.4) is 0 Å². The van der Waals surface area contributed by atoms with Gasteiger partial charge in [0.1, 0.15) is 5.82 Å². The fraction of sp³-hybridized carbons (Fsp3) is 0.278. The molecule has 2 amide bonds. The molecule has 0 saturated carbocycles. The summed E-state index contributed by atoms with van der Waals surface area (Å²) < 4.78 is 14.0. The van der Waals surface area contributed by atoms with Crippen LogP contribution in [0.4, 0.5) is 14.9 Å². The first kappa shape index (κ1) is 17.2. The Morgan fingerprint density at radius 2 is 1.92 bits per heavy atom. The fourth-order valence-corrected chi connectivity index (χ4v) is 5.31. The number of hydrogen-bond donors (Lipinski definition) is 2. The highest BCUT2D eigenvalue weighted by Crippen LogP contribution is 2.43. The molecule has 1 heterocycles. The van der Waals surface area contributed by atoms with E-state index in [1.807, 2.05) is 41.7 Å². The normalized spacial score (nSPS) is 15.0. The fourth-order valence-electron chi connectivity index (χ4n) is 2.44. The van der Waals surface area contributed by atoms with E-state index in [0.29, 0.717) is 10.1 Å². The van der Waals surface area contributed by atoms with Crippen LogP contribution < -0.4 is 10.6 Å². The molecule has 0 radical (unpaired) electrons. The Morgan fingerprint density at radius 3 is 2.71 bits per heavy atom. The summed E-state index contributed by atoms with van der Waals surface area (Å²) in [4.78, 5) is 12.0. The molecule has 0 spiro atoms. The van der Waals surface area contributed by atoms with Crippen molar-refractivity contribution in [2.45, 2.75) is 17.5 Å². The summed E-state index contributed by atoms with van der Waals surface area (Å²) in [5.41, 5.74) is 2.44. The Labute approximate surface area is 149 Å². The van der Waals surface area contributed by atoms with Gasteiger partial charge in [0.15, 0.2) is 0 Å². The Morgan fingerprint density at radius 1 is 1.12 bits per heavy atom. The molecule has 3 nitrogen and oxygen atoms in total. The van der Waals surface area contributed by atoms with Crippen molar-refractivity contribution in [2.24, 2.45) is 0 Å². The first-order valence-electron chi connectivity index (χ1n) is 7.84. The van der Waals surface area contributed by atoms with Crippen LogP contribution in [0.2, 0.25) is 0 Å². The largest absolute Gasteiger partial charge is 0.334 e. The molecule has 1 fully saturated rings. The van der Waals surface area contributed by atoms with Crippen LogP contribution >= 0.6 is 23.5 Å². The topological polar surface area (TPSA) is 41.1 Å². The standard InChI is InChI=1S/C18H19FN2OS2/c19-16-8-2-1-5-14(16)12-20-18(22)21-15-7-3-6-13(11-15)17-23-9-4-10-24-17/h1-3,5-8,11,17H,4,9-10,12H2,(H2,20,21,22). The summed E-state index contributed by atoms with van der Waals surface area (Å²) in [6.07, 6.45) is 1.25. The summed E-state index contributed by atoms with van der Waals surface area (Å²) in [7, 11) is 0. The van der Waals surface area contributed by atoms with Crippen molar-refractivity contribution in [3.05, 3.63) is 65.5 Å². The van der Waals surface area contributed by atoms with Gasteiger partial charge in [-0.3, -0.25) is 0 Å². The van der Waals surface area contributed by atoms with Crippen LogP contribution in [-0.2, 0) is 6.54 Å². The molecule has 2 aromatic carbocycles. The molecule has 2 aromatic rings. The number of amides is 2. The van der Waals surface area contributed by atoms with Gasteiger partial charge in [-0.05, 0) is 41.7 Å². The number of carbonyl (C=O) groups is 1. The lowest BCUT2D eigenvalue weighted by Crippen LogP contribution is -2.28. The highest BCUT2D eigenvalue weighted by molar-refractivity contribution is 8.16. The second kappa shape index (κ2) is 8.44. The average Bonchev–Trinajstić information content (AvgIpc) is 2.62. The number of benzene rings is 2. The third kappa shape index (κ3) is 4.68. The maximum atomic E-state index is 13.5. The van der Waals surface area contributed by atoms with E-state index < -0.39 is 0 Å². The van der Waals surface area contributed by atoms with E-state index in [1.54, 1.807) is 18.2 Å². The van der Waals surface area contributed by atoms with E-state index >= 15 is 0 Å². The van der Waals surface area contributed by atoms with Crippen LogP contribution in [-0.4, -0.2) is 17.5 Å². The first-order valence-corrected chi connectivity index (χ1v) is 9.93. The van der Waals surface area contributed by atoms with Crippen molar-refractivity contribution >= 4 is 35.2 Å². The minimum atomic E-state index is -0.334. The lowest BCUT2D eigenvalue weighted by atomic mass is 10.2. The summed E-state index contributed by atoms with van der Waals surface area (Å²) >= 11 is 3.89. The predicted octanol–water partition coefficient (Wildman–Crippen LogP) is 5.02. The quantitative estimate of drug-likeness (QED) is 0.803. The highest BCUT2D eigenvalue weighted by Gasteiger charge is 2.17. The maximum Gasteiger partial charge on any atom is 0.319 e. The van der Waals surface area contributed by atoms with Crippen molar-refractivity contribution in [3.63, 3.8) is 0 Å². The minimum absolute atomic E-state index is 0.159. The molecule has 0 aromatic heterocycles. The second-order valence-electron chi connectivity index (χ2n) is 5.45. The van der Waals surface area contributed by atoms with Gasteiger partial charge in [-0.25, -0.2) is 9.18 Å². The van der Waals surface area contributed by atoms with Gasteiger partial charge in [-0.2, -0.15) is 0 Å². The van der Waals surface area contributed by atoms with Crippen molar-refractivity contribution in [1.82, 2.24) is 5.32 Å². The summed E-state index contributed by atoms with van der Waals surface area (Å²) in [6.45, 7) is 0.159. The van der Waals surface area contributed by atoms with E-state index in [4.69, 9.17) is 0 Å². The molecule has 24 heavy (non-hydrogen) atoms. The van der Waals surface area contributed by atoms with Gasteiger partial charge in [-0.1, -0.05) is 30.3 Å².